The summed E-state index contributed by atoms with van der Waals surface area (Å²) in [5.74, 6) is 2.12. The standard InChI is InChI=1S/C22H23N2O2/c1-16-5-7-17(8-6-16)20-14-23(22-4-3-13-24(20)22)15-21(25)18-9-11-19(26-2)12-10-18/h5-12,14H,3-4,13,15H2,1-2H3/q+1. The van der Waals surface area contributed by atoms with Gasteiger partial charge in [0.15, 0.2) is 12.2 Å². The molecule has 1 aliphatic rings. The molecule has 3 aromatic rings. The summed E-state index contributed by atoms with van der Waals surface area (Å²) in [6.45, 7) is 3.48. The zero-order valence-corrected chi connectivity index (χ0v) is 15.2. The number of benzene rings is 2. The average Bonchev–Trinajstić information content (AvgIpc) is 3.26. The highest BCUT2D eigenvalue weighted by Crippen LogP contribution is 2.25. The van der Waals surface area contributed by atoms with E-state index in [9.17, 15) is 4.79 Å². The van der Waals surface area contributed by atoms with Gasteiger partial charge in [0.05, 0.1) is 20.1 Å². The van der Waals surface area contributed by atoms with Crippen LogP contribution in [0.3, 0.4) is 0 Å². The van der Waals surface area contributed by atoms with Crippen molar-refractivity contribution in [3.63, 3.8) is 0 Å². The van der Waals surface area contributed by atoms with Crippen LogP contribution < -0.4 is 9.30 Å². The Morgan fingerprint density at radius 1 is 1.12 bits per heavy atom. The Morgan fingerprint density at radius 3 is 2.54 bits per heavy atom. The van der Waals surface area contributed by atoms with Crippen LogP contribution in [0.25, 0.3) is 11.3 Å². The highest BCUT2D eigenvalue weighted by Gasteiger charge is 2.29. The monoisotopic (exact) mass is 347 g/mol. The van der Waals surface area contributed by atoms with Gasteiger partial charge in [0.25, 0.3) is 5.82 Å². The third kappa shape index (κ3) is 3.03. The maximum absolute atomic E-state index is 12.7. The number of carbonyl (C=O) groups is 1. The SMILES string of the molecule is COc1ccc(C(=O)C[n+]2cc(-c3ccc(C)cc3)n3c2CCC3)cc1. The molecule has 4 heteroatoms. The maximum atomic E-state index is 12.7. The average molecular weight is 347 g/mol. The number of ether oxygens (including phenoxy) is 1. The number of aryl methyl sites for hydroxylation is 1. The van der Waals surface area contributed by atoms with Gasteiger partial charge in [-0.25, -0.2) is 9.13 Å². The predicted molar refractivity (Wildman–Crippen MR) is 100 cm³/mol. The molecule has 0 bridgehead atoms. The minimum Gasteiger partial charge on any atom is -0.497 e. The van der Waals surface area contributed by atoms with Gasteiger partial charge in [0.2, 0.25) is 5.78 Å². The van der Waals surface area contributed by atoms with E-state index in [-0.39, 0.29) is 5.78 Å². The molecule has 0 spiro atoms. The summed E-state index contributed by atoms with van der Waals surface area (Å²) < 4.78 is 9.64. The van der Waals surface area contributed by atoms with Crippen LogP contribution >= 0.6 is 0 Å². The molecule has 2 aromatic carbocycles. The molecule has 1 aromatic heterocycles. The summed E-state index contributed by atoms with van der Waals surface area (Å²) in [6, 6.07) is 15.9. The van der Waals surface area contributed by atoms with Crippen molar-refractivity contribution >= 4 is 5.78 Å². The number of carbonyl (C=O) groups excluding carboxylic acids is 1. The van der Waals surface area contributed by atoms with E-state index in [0.29, 0.717) is 12.1 Å². The van der Waals surface area contributed by atoms with Crippen molar-refractivity contribution in [1.29, 1.82) is 0 Å². The summed E-state index contributed by atoms with van der Waals surface area (Å²) >= 11 is 0. The van der Waals surface area contributed by atoms with Gasteiger partial charge in [0, 0.05) is 11.1 Å². The van der Waals surface area contributed by atoms with Crippen LogP contribution in [0.4, 0.5) is 0 Å². The van der Waals surface area contributed by atoms with Gasteiger partial charge in [-0.15, -0.1) is 0 Å². The highest BCUT2D eigenvalue weighted by atomic mass is 16.5. The third-order valence-corrected chi connectivity index (χ3v) is 5.07. The molecule has 4 rings (SSSR count). The Labute approximate surface area is 153 Å². The molecule has 132 valence electrons. The second-order valence-corrected chi connectivity index (χ2v) is 6.83. The van der Waals surface area contributed by atoms with Gasteiger partial charge < -0.3 is 4.74 Å². The molecule has 0 aliphatic carbocycles. The number of Topliss-reactive ketones (excluding diaryl/α,β-unsaturated/α-hetero) is 1. The van der Waals surface area contributed by atoms with Gasteiger partial charge in [-0.2, -0.15) is 0 Å². The van der Waals surface area contributed by atoms with Crippen LogP contribution in [0, 0.1) is 6.92 Å². The van der Waals surface area contributed by atoms with E-state index in [1.807, 2.05) is 24.3 Å². The zero-order valence-electron chi connectivity index (χ0n) is 15.2. The number of hydrogen-bond acceptors (Lipinski definition) is 2. The van der Waals surface area contributed by atoms with Crippen molar-refractivity contribution in [2.45, 2.75) is 32.9 Å². The molecular formula is C22H23N2O2+. The van der Waals surface area contributed by atoms with Crippen molar-refractivity contribution < 1.29 is 14.1 Å². The largest absolute Gasteiger partial charge is 0.497 e. The Morgan fingerprint density at radius 2 is 1.85 bits per heavy atom. The minimum atomic E-state index is 0.119. The fraction of sp³-hybridized carbons (Fsp3) is 0.273. The van der Waals surface area contributed by atoms with E-state index in [1.165, 1.54) is 22.6 Å². The lowest BCUT2D eigenvalue weighted by Crippen LogP contribution is -2.40. The lowest BCUT2D eigenvalue weighted by molar-refractivity contribution is -0.689. The first-order chi connectivity index (χ1) is 12.7. The van der Waals surface area contributed by atoms with E-state index in [2.05, 4.69) is 46.5 Å². The van der Waals surface area contributed by atoms with E-state index < -0.39 is 0 Å². The Balaban J connectivity index is 1.63. The molecule has 1 aliphatic heterocycles. The van der Waals surface area contributed by atoms with Crippen molar-refractivity contribution in [2.24, 2.45) is 0 Å². The van der Waals surface area contributed by atoms with Gasteiger partial charge in [-0.1, -0.05) is 29.8 Å². The number of methoxy groups -OCH3 is 1. The van der Waals surface area contributed by atoms with Gasteiger partial charge >= 0.3 is 0 Å². The Hall–Kier alpha value is -2.88. The molecule has 4 nitrogen and oxygen atoms in total. The molecule has 0 fully saturated rings. The normalized spacial score (nSPS) is 12.8. The second kappa shape index (κ2) is 6.79. The molecular weight excluding hydrogens is 324 g/mol. The van der Waals surface area contributed by atoms with E-state index in [0.717, 1.165) is 25.1 Å². The van der Waals surface area contributed by atoms with Crippen molar-refractivity contribution in [1.82, 2.24) is 4.57 Å². The van der Waals surface area contributed by atoms with Crippen molar-refractivity contribution in [3.8, 4) is 17.0 Å². The van der Waals surface area contributed by atoms with Crippen LogP contribution in [0.15, 0.2) is 54.7 Å². The summed E-state index contributed by atoms with van der Waals surface area (Å²) in [5, 5.41) is 0. The molecule has 0 amide bonds. The second-order valence-electron chi connectivity index (χ2n) is 6.83. The van der Waals surface area contributed by atoms with Crippen molar-refractivity contribution in [3.05, 3.63) is 71.7 Å². The number of nitrogens with zero attached hydrogens (tertiary/aromatic N) is 2. The predicted octanol–water partition coefficient (Wildman–Crippen LogP) is 3.59. The van der Waals surface area contributed by atoms with E-state index in [4.69, 9.17) is 4.74 Å². The Bertz CT molecular complexity index is 938. The van der Waals surface area contributed by atoms with Crippen LogP contribution in [-0.4, -0.2) is 17.5 Å². The molecule has 26 heavy (non-hydrogen) atoms. The molecule has 2 heterocycles. The smallest absolute Gasteiger partial charge is 0.257 e. The van der Waals surface area contributed by atoms with Gasteiger partial charge in [0.1, 0.15) is 11.9 Å². The summed E-state index contributed by atoms with van der Waals surface area (Å²) in [6.07, 6.45) is 4.27. The summed E-state index contributed by atoms with van der Waals surface area (Å²) in [5.41, 5.74) is 4.37. The number of fused-ring (bicyclic) bond motifs is 1. The maximum Gasteiger partial charge on any atom is 0.257 e. The lowest BCUT2D eigenvalue weighted by Gasteiger charge is -2.02. The minimum absolute atomic E-state index is 0.119. The lowest BCUT2D eigenvalue weighted by atomic mass is 10.1. The molecule has 0 saturated heterocycles. The topological polar surface area (TPSA) is 35.1 Å². The quantitative estimate of drug-likeness (QED) is 0.522. The number of ketones is 1. The number of rotatable bonds is 5. The first-order valence-electron chi connectivity index (χ1n) is 9.02. The van der Waals surface area contributed by atoms with Crippen LogP contribution in [0.1, 0.15) is 28.2 Å². The molecule has 0 saturated carbocycles. The number of aromatic nitrogens is 2. The van der Waals surface area contributed by atoms with Crippen LogP contribution in [-0.2, 0) is 19.5 Å². The highest BCUT2D eigenvalue weighted by molar-refractivity contribution is 5.95. The summed E-state index contributed by atoms with van der Waals surface area (Å²) in [4.78, 5) is 12.7. The molecule has 0 radical (unpaired) electrons. The van der Waals surface area contributed by atoms with Gasteiger partial charge in [-0.3, -0.25) is 4.79 Å². The number of hydrogen-bond donors (Lipinski definition) is 0. The molecule has 0 N–H and O–H groups in total. The molecule has 0 atom stereocenters. The fourth-order valence-electron chi connectivity index (χ4n) is 3.62. The van der Waals surface area contributed by atoms with Crippen LogP contribution in [0.5, 0.6) is 5.75 Å². The Kier molecular flexibility index (Phi) is 4.33. The van der Waals surface area contributed by atoms with Gasteiger partial charge in [-0.05, 0) is 37.6 Å². The van der Waals surface area contributed by atoms with Crippen molar-refractivity contribution in [2.75, 3.05) is 7.11 Å². The first kappa shape index (κ1) is 16.6. The first-order valence-corrected chi connectivity index (χ1v) is 9.02. The summed E-state index contributed by atoms with van der Waals surface area (Å²) in [7, 11) is 1.63. The van der Waals surface area contributed by atoms with Crippen LogP contribution in [0.2, 0.25) is 0 Å². The molecule has 0 unspecified atom stereocenters. The van der Waals surface area contributed by atoms with E-state index in [1.54, 1.807) is 7.11 Å². The zero-order chi connectivity index (χ0) is 18.1. The third-order valence-electron chi connectivity index (χ3n) is 5.07. The van der Waals surface area contributed by atoms with E-state index >= 15 is 0 Å². The number of imidazole rings is 1. The fourth-order valence-corrected chi connectivity index (χ4v) is 3.62.